The Bertz CT molecular complexity index is 810. The summed E-state index contributed by atoms with van der Waals surface area (Å²) in [5.74, 6) is -0.648. The van der Waals surface area contributed by atoms with Crippen LogP contribution in [-0.2, 0) is 11.0 Å². The maximum atomic E-state index is 12.6. The Morgan fingerprint density at radius 1 is 1.00 bits per heavy atom. The molecule has 0 aromatic heterocycles. The lowest BCUT2D eigenvalue weighted by molar-refractivity contribution is -0.137. The molecule has 0 saturated carbocycles. The van der Waals surface area contributed by atoms with E-state index in [1.165, 1.54) is 6.92 Å². The first-order valence-corrected chi connectivity index (χ1v) is 8.41. The quantitative estimate of drug-likeness (QED) is 0.851. The second-order valence-electron chi connectivity index (χ2n) is 6.24. The van der Waals surface area contributed by atoms with Crippen molar-refractivity contribution in [3.05, 3.63) is 64.7 Å². The number of halogens is 3. The van der Waals surface area contributed by atoms with Gasteiger partial charge in [-0.15, -0.1) is 0 Å². The van der Waals surface area contributed by atoms with E-state index in [2.05, 4.69) is 5.32 Å². The number of carbonyl (C=O) groups excluding carboxylic acids is 2. The number of alkyl halides is 3. The fourth-order valence-corrected chi connectivity index (χ4v) is 2.85. The molecule has 0 heterocycles. The smallest absolute Gasteiger partial charge is 0.350 e. The normalized spacial score (nSPS) is 11.2. The highest BCUT2D eigenvalue weighted by Crippen LogP contribution is 2.29. The second-order valence-corrected chi connectivity index (χ2v) is 6.24. The Labute approximate surface area is 156 Å². The van der Waals surface area contributed by atoms with E-state index in [-0.39, 0.29) is 24.6 Å². The van der Waals surface area contributed by atoms with Gasteiger partial charge in [0, 0.05) is 31.3 Å². The van der Waals surface area contributed by atoms with Crippen molar-refractivity contribution in [2.45, 2.75) is 26.9 Å². The van der Waals surface area contributed by atoms with Gasteiger partial charge in [0.25, 0.3) is 5.91 Å². The Morgan fingerprint density at radius 3 is 2.04 bits per heavy atom. The molecule has 2 aromatic carbocycles. The molecule has 0 aliphatic rings. The fraction of sp³-hybridized carbons (Fsp3) is 0.300. The highest BCUT2D eigenvalue weighted by Gasteiger charge is 2.30. The first kappa shape index (κ1) is 20.5. The number of nitrogens with zero attached hydrogens (tertiary/aromatic N) is 1. The van der Waals surface area contributed by atoms with Crippen LogP contribution in [0.15, 0.2) is 42.5 Å². The second kappa shape index (κ2) is 8.24. The molecule has 0 unspecified atom stereocenters. The average molecular weight is 378 g/mol. The third-order valence-corrected chi connectivity index (χ3v) is 4.18. The SMILES string of the molecule is CC(=O)N(CCNC(=O)c1ccc(C(F)(F)F)cc1)c1c(C)cccc1C. The van der Waals surface area contributed by atoms with E-state index in [1.807, 2.05) is 32.0 Å². The van der Waals surface area contributed by atoms with Crippen LogP contribution in [0.1, 0.15) is 34.0 Å². The summed E-state index contributed by atoms with van der Waals surface area (Å²) < 4.78 is 37.7. The summed E-state index contributed by atoms with van der Waals surface area (Å²) in [6.07, 6.45) is -4.44. The van der Waals surface area contributed by atoms with E-state index in [9.17, 15) is 22.8 Å². The topological polar surface area (TPSA) is 49.4 Å². The largest absolute Gasteiger partial charge is 0.416 e. The molecule has 144 valence electrons. The highest BCUT2D eigenvalue weighted by atomic mass is 19.4. The van der Waals surface area contributed by atoms with Gasteiger partial charge in [0.1, 0.15) is 0 Å². The van der Waals surface area contributed by atoms with Gasteiger partial charge in [-0.3, -0.25) is 9.59 Å². The number of aryl methyl sites for hydroxylation is 2. The number of nitrogens with one attached hydrogen (secondary N) is 1. The van der Waals surface area contributed by atoms with Crippen molar-refractivity contribution in [3.63, 3.8) is 0 Å². The molecule has 7 heteroatoms. The molecule has 1 N–H and O–H groups in total. The van der Waals surface area contributed by atoms with Gasteiger partial charge < -0.3 is 10.2 Å². The van der Waals surface area contributed by atoms with Crippen LogP contribution >= 0.6 is 0 Å². The van der Waals surface area contributed by atoms with Crippen LogP contribution in [0.4, 0.5) is 18.9 Å². The van der Waals surface area contributed by atoms with E-state index in [1.54, 1.807) is 4.90 Å². The number of carbonyl (C=O) groups is 2. The first-order chi connectivity index (χ1) is 12.6. The Balaban J connectivity index is 2.03. The molecule has 0 spiro atoms. The number of amides is 2. The molecule has 2 amide bonds. The molecule has 0 atom stereocenters. The van der Waals surface area contributed by atoms with Gasteiger partial charge in [-0.1, -0.05) is 18.2 Å². The molecule has 2 aromatic rings. The Morgan fingerprint density at radius 2 is 1.56 bits per heavy atom. The number of benzene rings is 2. The Hall–Kier alpha value is -2.83. The van der Waals surface area contributed by atoms with Crippen LogP contribution in [-0.4, -0.2) is 24.9 Å². The summed E-state index contributed by atoms with van der Waals surface area (Å²) in [6, 6.07) is 9.71. The van der Waals surface area contributed by atoms with Gasteiger partial charge >= 0.3 is 6.18 Å². The standard InChI is InChI=1S/C20H21F3N2O2/c1-13-5-4-6-14(2)18(13)25(15(3)26)12-11-24-19(27)16-7-9-17(10-8-16)20(21,22)23/h4-10H,11-12H2,1-3H3,(H,24,27). The lowest BCUT2D eigenvalue weighted by atomic mass is 10.1. The summed E-state index contributed by atoms with van der Waals surface area (Å²) in [6.45, 7) is 5.68. The third kappa shape index (κ3) is 5.09. The molecule has 27 heavy (non-hydrogen) atoms. The number of hydrogen-bond donors (Lipinski definition) is 1. The first-order valence-electron chi connectivity index (χ1n) is 8.41. The lowest BCUT2D eigenvalue weighted by Gasteiger charge is -2.25. The van der Waals surface area contributed by atoms with Crippen molar-refractivity contribution >= 4 is 17.5 Å². The van der Waals surface area contributed by atoms with Crippen molar-refractivity contribution < 1.29 is 22.8 Å². The molecule has 0 fully saturated rings. The summed E-state index contributed by atoms with van der Waals surface area (Å²) >= 11 is 0. The molecule has 4 nitrogen and oxygen atoms in total. The number of rotatable bonds is 5. The van der Waals surface area contributed by atoms with E-state index in [4.69, 9.17) is 0 Å². The summed E-state index contributed by atoms with van der Waals surface area (Å²) in [5, 5.41) is 2.64. The third-order valence-electron chi connectivity index (χ3n) is 4.18. The zero-order valence-electron chi connectivity index (χ0n) is 15.4. The van der Waals surface area contributed by atoms with Gasteiger partial charge in [-0.2, -0.15) is 13.2 Å². The van der Waals surface area contributed by atoms with Crippen molar-refractivity contribution in [1.29, 1.82) is 0 Å². The van der Waals surface area contributed by atoms with Crippen LogP contribution in [0.25, 0.3) is 0 Å². The monoisotopic (exact) mass is 378 g/mol. The molecule has 0 bridgehead atoms. The molecule has 2 rings (SSSR count). The van der Waals surface area contributed by atoms with E-state index < -0.39 is 17.6 Å². The van der Waals surface area contributed by atoms with E-state index in [0.717, 1.165) is 41.1 Å². The zero-order chi connectivity index (χ0) is 20.2. The zero-order valence-corrected chi connectivity index (χ0v) is 15.4. The summed E-state index contributed by atoms with van der Waals surface area (Å²) in [5.41, 5.74) is 2.01. The predicted molar refractivity (Wildman–Crippen MR) is 97.7 cm³/mol. The highest BCUT2D eigenvalue weighted by molar-refractivity contribution is 5.95. The molecular formula is C20H21F3N2O2. The van der Waals surface area contributed by atoms with Crippen molar-refractivity contribution in [3.8, 4) is 0 Å². The van der Waals surface area contributed by atoms with Gasteiger partial charge in [0.2, 0.25) is 5.91 Å². The van der Waals surface area contributed by atoms with Crippen molar-refractivity contribution in [2.24, 2.45) is 0 Å². The van der Waals surface area contributed by atoms with Crippen LogP contribution in [0, 0.1) is 13.8 Å². The lowest BCUT2D eigenvalue weighted by Crippen LogP contribution is -2.38. The van der Waals surface area contributed by atoms with Crippen LogP contribution in [0.5, 0.6) is 0 Å². The Kier molecular flexibility index (Phi) is 6.25. The average Bonchev–Trinajstić information content (AvgIpc) is 2.59. The fourth-order valence-electron chi connectivity index (χ4n) is 2.85. The maximum absolute atomic E-state index is 12.6. The van der Waals surface area contributed by atoms with Gasteiger partial charge in [-0.05, 0) is 49.2 Å². The van der Waals surface area contributed by atoms with E-state index in [0.29, 0.717) is 0 Å². The summed E-state index contributed by atoms with van der Waals surface area (Å²) in [4.78, 5) is 25.7. The van der Waals surface area contributed by atoms with Gasteiger partial charge in [-0.25, -0.2) is 0 Å². The van der Waals surface area contributed by atoms with Crippen molar-refractivity contribution in [1.82, 2.24) is 5.32 Å². The minimum absolute atomic E-state index is 0.129. The minimum Gasteiger partial charge on any atom is -0.350 e. The van der Waals surface area contributed by atoms with Crippen molar-refractivity contribution in [2.75, 3.05) is 18.0 Å². The number of anilines is 1. The number of hydrogen-bond acceptors (Lipinski definition) is 2. The van der Waals surface area contributed by atoms with Gasteiger partial charge in [0.05, 0.1) is 5.56 Å². The molecule has 0 saturated heterocycles. The van der Waals surface area contributed by atoms with E-state index >= 15 is 0 Å². The van der Waals surface area contributed by atoms with Crippen LogP contribution in [0.3, 0.4) is 0 Å². The maximum Gasteiger partial charge on any atom is 0.416 e. The predicted octanol–water partition coefficient (Wildman–Crippen LogP) is 4.11. The van der Waals surface area contributed by atoms with Gasteiger partial charge in [0.15, 0.2) is 0 Å². The molecule has 0 aliphatic carbocycles. The van der Waals surface area contributed by atoms with Crippen LogP contribution < -0.4 is 10.2 Å². The molecule has 0 aliphatic heterocycles. The van der Waals surface area contributed by atoms with Crippen LogP contribution in [0.2, 0.25) is 0 Å². The molecular weight excluding hydrogens is 357 g/mol. The molecule has 0 radical (unpaired) electrons. The number of para-hydroxylation sites is 1. The minimum atomic E-state index is -4.44. The summed E-state index contributed by atoms with van der Waals surface area (Å²) in [7, 11) is 0.